The van der Waals surface area contributed by atoms with Gasteiger partial charge in [0.05, 0.1) is 12.7 Å². The predicted molar refractivity (Wildman–Crippen MR) is 80.6 cm³/mol. The van der Waals surface area contributed by atoms with E-state index in [1.807, 2.05) is 19.0 Å². The van der Waals surface area contributed by atoms with Gasteiger partial charge in [-0.3, -0.25) is 0 Å². The van der Waals surface area contributed by atoms with Gasteiger partial charge in [0.1, 0.15) is 0 Å². The first kappa shape index (κ1) is 14.6. The zero-order chi connectivity index (χ0) is 14.7. The number of ether oxygens (including phenoxy) is 1. The molecule has 0 aliphatic carbocycles. The Balaban J connectivity index is 2.25. The Kier molecular flexibility index (Phi) is 4.46. The summed E-state index contributed by atoms with van der Waals surface area (Å²) in [6.45, 7) is 0. The third-order valence-electron chi connectivity index (χ3n) is 2.41. The highest BCUT2D eigenvalue weighted by Crippen LogP contribution is 2.36. The molecule has 0 amide bonds. The lowest BCUT2D eigenvalue weighted by Crippen LogP contribution is -2.07. The molecule has 0 saturated heterocycles. The van der Waals surface area contributed by atoms with Gasteiger partial charge in [-0.1, -0.05) is 23.1 Å². The molecule has 2 aromatic rings. The number of rotatable bonds is 4. The maximum Gasteiger partial charge on any atom is 0.337 e. The van der Waals surface area contributed by atoms with Crippen LogP contribution in [-0.4, -0.2) is 37.4 Å². The molecule has 1 aromatic carbocycles. The molecule has 0 fully saturated rings. The summed E-state index contributed by atoms with van der Waals surface area (Å²) in [5, 5.41) is 8.96. The molecule has 0 radical (unpaired) electrons. The summed E-state index contributed by atoms with van der Waals surface area (Å²) in [4.78, 5) is 14.2. The van der Waals surface area contributed by atoms with Crippen LogP contribution < -0.4 is 10.6 Å². The van der Waals surface area contributed by atoms with Crippen molar-refractivity contribution in [3.05, 3.63) is 23.8 Å². The molecule has 0 atom stereocenters. The van der Waals surface area contributed by atoms with Crippen molar-refractivity contribution < 1.29 is 9.53 Å². The number of anilines is 2. The van der Waals surface area contributed by atoms with Gasteiger partial charge in [-0.2, -0.15) is 0 Å². The average molecular weight is 310 g/mol. The average Bonchev–Trinajstić information content (AvgIpc) is 2.89. The number of nitrogens with zero attached hydrogens (tertiary/aromatic N) is 3. The zero-order valence-corrected chi connectivity index (χ0v) is 12.9. The Morgan fingerprint density at radius 1 is 1.40 bits per heavy atom. The lowest BCUT2D eigenvalue weighted by atomic mass is 10.2. The van der Waals surface area contributed by atoms with Crippen molar-refractivity contribution >= 4 is 39.9 Å². The van der Waals surface area contributed by atoms with Crippen molar-refractivity contribution in [1.82, 2.24) is 10.2 Å². The lowest BCUT2D eigenvalue weighted by Gasteiger charge is -2.06. The molecule has 8 heteroatoms. The molecule has 2 N–H and O–H groups in total. The third kappa shape index (κ3) is 3.20. The number of esters is 1. The van der Waals surface area contributed by atoms with Crippen LogP contribution in [0.5, 0.6) is 0 Å². The molecule has 6 nitrogen and oxygen atoms in total. The van der Waals surface area contributed by atoms with Crippen molar-refractivity contribution in [3.8, 4) is 0 Å². The summed E-state index contributed by atoms with van der Waals surface area (Å²) < 4.78 is 5.46. The molecule has 1 aromatic heterocycles. The normalized spacial score (nSPS) is 10.3. The monoisotopic (exact) mass is 310 g/mol. The fraction of sp³-hybridized carbons (Fsp3) is 0.250. The highest BCUT2D eigenvalue weighted by atomic mass is 32.2. The van der Waals surface area contributed by atoms with Crippen LogP contribution in [-0.2, 0) is 4.74 Å². The van der Waals surface area contributed by atoms with Crippen LogP contribution in [0.2, 0.25) is 0 Å². The van der Waals surface area contributed by atoms with Crippen LogP contribution in [0, 0.1) is 0 Å². The fourth-order valence-electron chi connectivity index (χ4n) is 1.39. The minimum Gasteiger partial charge on any atom is -0.465 e. The van der Waals surface area contributed by atoms with Gasteiger partial charge in [-0.15, -0.1) is 10.2 Å². The van der Waals surface area contributed by atoms with E-state index < -0.39 is 5.97 Å². The summed E-state index contributed by atoms with van der Waals surface area (Å²) >= 11 is 2.84. The molecule has 0 bridgehead atoms. The van der Waals surface area contributed by atoms with Crippen molar-refractivity contribution in [2.45, 2.75) is 9.24 Å². The van der Waals surface area contributed by atoms with Gasteiger partial charge in [0.2, 0.25) is 5.13 Å². The van der Waals surface area contributed by atoms with Crippen LogP contribution in [0.1, 0.15) is 10.4 Å². The summed E-state index contributed by atoms with van der Waals surface area (Å²) in [5.74, 6) is -0.391. The van der Waals surface area contributed by atoms with Crippen molar-refractivity contribution in [3.63, 3.8) is 0 Å². The van der Waals surface area contributed by atoms with Gasteiger partial charge in [0, 0.05) is 24.7 Å². The second-order valence-corrected chi connectivity index (χ2v) is 6.34. The molecule has 106 valence electrons. The molecule has 0 unspecified atom stereocenters. The van der Waals surface area contributed by atoms with Gasteiger partial charge in [-0.05, 0) is 18.2 Å². The van der Waals surface area contributed by atoms with Crippen LogP contribution in [0.3, 0.4) is 0 Å². The number of aromatic nitrogens is 2. The summed E-state index contributed by atoms with van der Waals surface area (Å²) in [6, 6.07) is 5.02. The van der Waals surface area contributed by atoms with Gasteiger partial charge >= 0.3 is 5.97 Å². The lowest BCUT2D eigenvalue weighted by molar-refractivity contribution is 0.0600. The van der Waals surface area contributed by atoms with Crippen molar-refractivity contribution in [2.24, 2.45) is 0 Å². The topological polar surface area (TPSA) is 81.3 Å². The van der Waals surface area contributed by atoms with E-state index in [1.54, 1.807) is 18.2 Å². The molecular formula is C12H14N4O2S2. The molecule has 0 saturated carbocycles. The minimum atomic E-state index is -0.391. The van der Waals surface area contributed by atoms with Crippen LogP contribution in [0.25, 0.3) is 0 Å². The third-order valence-corrected chi connectivity index (χ3v) is 4.63. The number of nitrogen functional groups attached to an aromatic ring is 1. The van der Waals surface area contributed by atoms with Crippen LogP contribution in [0.4, 0.5) is 10.8 Å². The molecule has 0 aliphatic rings. The Bertz CT molecular complexity index is 628. The standard InChI is InChI=1S/C12H14N4O2S2/c1-16(2)11-14-15-12(20-11)19-9-6-7(10(17)18-3)4-5-8(9)13/h4-6H,13H2,1-3H3. The highest BCUT2D eigenvalue weighted by molar-refractivity contribution is 8.01. The SMILES string of the molecule is COC(=O)c1ccc(N)c(Sc2nnc(N(C)C)s2)c1. The molecular weight excluding hydrogens is 296 g/mol. The number of methoxy groups -OCH3 is 1. The Morgan fingerprint density at radius 2 is 2.15 bits per heavy atom. The maximum atomic E-state index is 11.5. The molecule has 0 spiro atoms. The van der Waals surface area contributed by atoms with Crippen LogP contribution in [0.15, 0.2) is 27.4 Å². The van der Waals surface area contributed by atoms with E-state index in [1.165, 1.54) is 30.2 Å². The minimum absolute atomic E-state index is 0.391. The number of nitrogens with two attached hydrogens (primary N) is 1. The van der Waals surface area contributed by atoms with E-state index in [0.29, 0.717) is 11.3 Å². The molecule has 2 rings (SSSR count). The molecule has 1 heterocycles. The van der Waals surface area contributed by atoms with Crippen molar-refractivity contribution in [1.29, 1.82) is 0 Å². The fourth-order valence-corrected chi connectivity index (χ4v) is 3.19. The smallest absolute Gasteiger partial charge is 0.337 e. The van der Waals surface area contributed by atoms with Crippen LogP contribution >= 0.6 is 23.1 Å². The van der Waals surface area contributed by atoms with Gasteiger partial charge in [-0.25, -0.2) is 4.79 Å². The highest BCUT2D eigenvalue weighted by Gasteiger charge is 2.12. The van der Waals surface area contributed by atoms with E-state index >= 15 is 0 Å². The number of hydrogen-bond donors (Lipinski definition) is 1. The number of carbonyl (C=O) groups excluding carboxylic acids is 1. The quantitative estimate of drug-likeness (QED) is 0.684. The van der Waals surface area contributed by atoms with Gasteiger partial charge < -0.3 is 15.4 Å². The molecule has 20 heavy (non-hydrogen) atoms. The van der Waals surface area contributed by atoms with E-state index in [2.05, 4.69) is 10.2 Å². The Hall–Kier alpha value is -1.80. The van der Waals surface area contributed by atoms with Gasteiger partial charge in [0.25, 0.3) is 0 Å². The largest absolute Gasteiger partial charge is 0.465 e. The van der Waals surface area contributed by atoms with E-state index in [9.17, 15) is 4.79 Å². The summed E-state index contributed by atoms with van der Waals surface area (Å²) in [5.41, 5.74) is 6.97. The number of carbonyl (C=O) groups is 1. The maximum absolute atomic E-state index is 11.5. The Labute approximate surface area is 124 Å². The first-order valence-corrected chi connectivity index (χ1v) is 7.31. The van der Waals surface area contributed by atoms with E-state index in [-0.39, 0.29) is 0 Å². The predicted octanol–water partition coefficient (Wildman–Crippen LogP) is 2.12. The Morgan fingerprint density at radius 3 is 2.75 bits per heavy atom. The number of benzene rings is 1. The first-order chi connectivity index (χ1) is 9.51. The summed E-state index contributed by atoms with van der Waals surface area (Å²) in [6.07, 6.45) is 0. The van der Waals surface area contributed by atoms with E-state index in [4.69, 9.17) is 10.5 Å². The van der Waals surface area contributed by atoms with Gasteiger partial charge in [0.15, 0.2) is 4.34 Å². The first-order valence-electron chi connectivity index (χ1n) is 5.67. The van der Waals surface area contributed by atoms with E-state index in [0.717, 1.165) is 14.4 Å². The second kappa shape index (κ2) is 6.10. The van der Waals surface area contributed by atoms with Crippen molar-refractivity contribution in [2.75, 3.05) is 31.8 Å². The summed E-state index contributed by atoms with van der Waals surface area (Å²) in [7, 11) is 5.15. The number of hydrogen-bond acceptors (Lipinski definition) is 8. The molecule has 0 aliphatic heterocycles. The second-order valence-electron chi connectivity index (χ2n) is 4.09. The zero-order valence-electron chi connectivity index (χ0n) is 11.3.